The van der Waals surface area contributed by atoms with E-state index in [1.807, 2.05) is 30.3 Å². The van der Waals surface area contributed by atoms with Crippen molar-refractivity contribution in [3.8, 4) is 0 Å². The summed E-state index contributed by atoms with van der Waals surface area (Å²) in [4.78, 5) is 26.0. The average Bonchev–Trinajstić information content (AvgIpc) is 2.92. The summed E-state index contributed by atoms with van der Waals surface area (Å²) in [6.45, 7) is 1.76. The molecule has 7 nitrogen and oxygen atoms in total. The van der Waals surface area contributed by atoms with Crippen LogP contribution >= 0.6 is 0 Å². The molecule has 0 saturated carbocycles. The van der Waals surface area contributed by atoms with Gasteiger partial charge in [0.05, 0.1) is 12.7 Å². The maximum absolute atomic E-state index is 12.1. The third kappa shape index (κ3) is 4.89. The quantitative estimate of drug-likeness (QED) is 0.776. The van der Waals surface area contributed by atoms with E-state index in [1.165, 1.54) is 6.20 Å². The molecule has 1 amide bonds. The number of amides is 1. The van der Waals surface area contributed by atoms with Crippen LogP contribution in [-0.2, 0) is 16.1 Å². The lowest BCUT2D eigenvalue weighted by Crippen LogP contribution is -2.35. The van der Waals surface area contributed by atoms with Crippen LogP contribution in [0, 0.1) is 0 Å². The molecule has 2 heterocycles. The van der Waals surface area contributed by atoms with E-state index in [-0.39, 0.29) is 18.2 Å². The Hall–Kier alpha value is -2.70. The summed E-state index contributed by atoms with van der Waals surface area (Å²) >= 11 is 0. The van der Waals surface area contributed by atoms with Crippen molar-refractivity contribution in [1.29, 1.82) is 0 Å². The maximum Gasteiger partial charge on any atom is 0.361 e. The fourth-order valence-corrected chi connectivity index (χ4v) is 2.85. The van der Waals surface area contributed by atoms with E-state index in [2.05, 4.69) is 10.3 Å². The minimum atomic E-state index is -0.623. The minimum Gasteiger partial charge on any atom is -0.451 e. The highest BCUT2D eigenvalue weighted by atomic mass is 16.5. The smallest absolute Gasteiger partial charge is 0.361 e. The van der Waals surface area contributed by atoms with E-state index in [4.69, 9.17) is 4.74 Å². The number of rotatable bonds is 5. The number of esters is 1. The van der Waals surface area contributed by atoms with Crippen LogP contribution in [0.2, 0.25) is 0 Å². The number of aromatic nitrogens is 3. The Kier molecular flexibility index (Phi) is 5.77. The molecular formula is C18H22N4O3. The van der Waals surface area contributed by atoms with Crippen LogP contribution in [-0.4, -0.2) is 51.5 Å². The summed E-state index contributed by atoms with van der Waals surface area (Å²) in [6, 6.07) is 9.76. The molecule has 3 rings (SSSR count). The second kappa shape index (κ2) is 8.41. The topological polar surface area (TPSA) is 77.3 Å². The molecule has 0 N–H and O–H groups in total. The summed E-state index contributed by atoms with van der Waals surface area (Å²) in [5, 5.41) is 7.76. The molecule has 0 unspecified atom stereocenters. The van der Waals surface area contributed by atoms with E-state index in [0.717, 1.165) is 44.3 Å². The van der Waals surface area contributed by atoms with Crippen molar-refractivity contribution in [1.82, 2.24) is 19.9 Å². The van der Waals surface area contributed by atoms with E-state index < -0.39 is 5.97 Å². The first kappa shape index (κ1) is 17.1. The number of nitrogens with zero attached hydrogens (tertiary/aromatic N) is 4. The van der Waals surface area contributed by atoms with Gasteiger partial charge in [0.25, 0.3) is 5.91 Å². The Morgan fingerprint density at radius 2 is 1.76 bits per heavy atom. The standard InChI is InChI=1S/C18H22N4O3/c23-17(21-10-6-1-2-7-11-21)14-25-18(24)16-13-22(20-19-16)12-15-8-4-3-5-9-15/h3-5,8-9,13H,1-2,6-7,10-12,14H2. The second-order valence-electron chi connectivity index (χ2n) is 6.16. The van der Waals surface area contributed by atoms with Crippen LogP contribution in [0.4, 0.5) is 0 Å². The Bertz CT molecular complexity index is 706. The molecule has 1 aromatic carbocycles. The summed E-state index contributed by atoms with van der Waals surface area (Å²) in [5.41, 5.74) is 1.17. The highest BCUT2D eigenvalue weighted by molar-refractivity contribution is 5.89. The Morgan fingerprint density at radius 1 is 1.04 bits per heavy atom. The fraction of sp³-hybridized carbons (Fsp3) is 0.444. The third-order valence-electron chi connectivity index (χ3n) is 4.22. The Morgan fingerprint density at radius 3 is 2.48 bits per heavy atom. The molecule has 1 aliphatic heterocycles. The van der Waals surface area contributed by atoms with Crippen LogP contribution in [0.3, 0.4) is 0 Å². The maximum atomic E-state index is 12.1. The lowest BCUT2D eigenvalue weighted by molar-refractivity contribution is -0.134. The molecule has 25 heavy (non-hydrogen) atoms. The summed E-state index contributed by atoms with van der Waals surface area (Å²) < 4.78 is 6.67. The molecule has 1 fully saturated rings. The zero-order valence-electron chi connectivity index (χ0n) is 14.1. The number of carbonyl (C=O) groups excluding carboxylic acids is 2. The first-order valence-electron chi connectivity index (χ1n) is 8.61. The first-order valence-corrected chi connectivity index (χ1v) is 8.61. The average molecular weight is 342 g/mol. The van der Waals surface area contributed by atoms with Gasteiger partial charge in [-0.2, -0.15) is 0 Å². The summed E-state index contributed by atoms with van der Waals surface area (Å²) in [6.07, 6.45) is 5.84. The van der Waals surface area contributed by atoms with Crippen LogP contribution < -0.4 is 0 Å². The monoisotopic (exact) mass is 342 g/mol. The Balaban J connectivity index is 1.50. The van der Waals surface area contributed by atoms with Crippen molar-refractivity contribution in [2.24, 2.45) is 0 Å². The van der Waals surface area contributed by atoms with Gasteiger partial charge in [0.15, 0.2) is 12.3 Å². The fourth-order valence-electron chi connectivity index (χ4n) is 2.85. The van der Waals surface area contributed by atoms with E-state index >= 15 is 0 Å². The predicted molar refractivity (Wildman–Crippen MR) is 90.9 cm³/mol. The highest BCUT2D eigenvalue weighted by Gasteiger charge is 2.19. The summed E-state index contributed by atoms with van der Waals surface area (Å²) in [5.74, 6) is -0.769. The van der Waals surface area contributed by atoms with Crippen molar-refractivity contribution in [3.05, 3.63) is 47.8 Å². The lowest BCUT2D eigenvalue weighted by atomic mass is 10.2. The number of hydrogen-bond donors (Lipinski definition) is 0. The van der Waals surface area contributed by atoms with Gasteiger partial charge in [-0.3, -0.25) is 4.79 Å². The van der Waals surface area contributed by atoms with Gasteiger partial charge in [0.1, 0.15) is 0 Å². The molecule has 132 valence electrons. The van der Waals surface area contributed by atoms with Crippen molar-refractivity contribution in [3.63, 3.8) is 0 Å². The normalized spacial score (nSPS) is 14.8. The Labute approximate surface area is 146 Å². The van der Waals surface area contributed by atoms with Crippen LogP contribution in [0.15, 0.2) is 36.5 Å². The number of carbonyl (C=O) groups is 2. The zero-order valence-corrected chi connectivity index (χ0v) is 14.1. The number of benzene rings is 1. The second-order valence-corrected chi connectivity index (χ2v) is 6.16. The lowest BCUT2D eigenvalue weighted by Gasteiger charge is -2.19. The van der Waals surface area contributed by atoms with Crippen molar-refractivity contribution >= 4 is 11.9 Å². The molecule has 2 aromatic rings. The molecule has 7 heteroatoms. The first-order chi connectivity index (χ1) is 12.2. The molecule has 0 atom stereocenters. The van der Waals surface area contributed by atoms with Gasteiger partial charge in [-0.1, -0.05) is 48.4 Å². The van der Waals surface area contributed by atoms with Crippen LogP contribution in [0.25, 0.3) is 0 Å². The molecule has 0 aliphatic carbocycles. The molecule has 1 aromatic heterocycles. The molecule has 1 saturated heterocycles. The molecule has 0 radical (unpaired) electrons. The van der Waals surface area contributed by atoms with Crippen LogP contribution in [0.5, 0.6) is 0 Å². The van der Waals surface area contributed by atoms with Gasteiger partial charge in [0, 0.05) is 13.1 Å². The van der Waals surface area contributed by atoms with Crippen molar-refractivity contribution in [2.75, 3.05) is 19.7 Å². The third-order valence-corrected chi connectivity index (χ3v) is 4.22. The minimum absolute atomic E-state index is 0.111. The SMILES string of the molecule is O=C(OCC(=O)N1CCCCCC1)c1cn(Cc2ccccc2)nn1. The molecule has 1 aliphatic rings. The largest absolute Gasteiger partial charge is 0.451 e. The van der Waals surface area contributed by atoms with Gasteiger partial charge >= 0.3 is 5.97 Å². The number of ether oxygens (including phenoxy) is 1. The molecule has 0 bridgehead atoms. The van der Waals surface area contributed by atoms with E-state index in [9.17, 15) is 9.59 Å². The van der Waals surface area contributed by atoms with Gasteiger partial charge in [-0.15, -0.1) is 5.10 Å². The zero-order chi connectivity index (χ0) is 17.5. The van der Waals surface area contributed by atoms with Crippen molar-refractivity contribution < 1.29 is 14.3 Å². The molecule has 0 spiro atoms. The van der Waals surface area contributed by atoms with Crippen molar-refractivity contribution in [2.45, 2.75) is 32.2 Å². The van der Waals surface area contributed by atoms with Gasteiger partial charge in [-0.25, -0.2) is 9.48 Å². The van der Waals surface area contributed by atoms with Gasteiger partial charge < -0.3 is 9.64 Å². The van der Waals surface area contributed by atoms with E-state index in [0.29, 0.717) is 6.54 Å². The van der Waals surface area contributed by atoms with Gasteiger partial charge in [0.2, 0.25) is 0 Å². The van der Waals surface area contributed by atoms with Crippen LogP contribution in [0.1, 0.15) is 41.7 Å². The van der Waals surface area contributed by atoms with E-state index in [1.54, 1.807) is 9.58 Å². The van der Waals surface area contributed by atoms with Gasteiger partial charge in [-0.05, 0) is 18.4 Å². The predicted octanol–water partition coefficient (Wildman–Crippen LogP) is 1.89. The summed E-state index contributed by atoms with van der Waals surface area (Å²) in [7, 11) is 0. The molecular weight excluding hydrogens is 320 g/mol. The number of likely N-dealkylation sites (tertiary alicyclic amines) is 1. The highest BCUT2D eigenvalue weighted by Crippen LogP contribution is 2.10. The number of hydrogen-bond acceptors (Lipinski definition) is 5.